The third-order valence-corrected chi connectivity index (χ3v) is 6.54. The number of rotatable bonds is 9. The summed E-state index contributed by atoms with van der Waals surface area (Å²) in [6, 6.07) is 23.1. The molecule has 0 spiro atoms. The second kappa shape index (κ2) is 11.0. The number of hydrogen-bond acceptors (Lipinski definition) is 5. The maximum Gasteiger partial charge on any atom is 0.252 e. The van der Waals surface area contributed by atoms with Crippen molar-refractivity contribution in [2.24, 2.45) is 5.73 Å². The summed E-state index contributed by atoms with van der Waals surface area (Å²) in [5.74, 6) is -0.0503. The van der Waals surface area contributed by atoms with Crippen LogP contribution >= 0.6 is 0 Å². The number of carbonyl (C=O) groups is 1. The standard InChI is InChI=1S/C29H37N5O/c1-20(2)34-28-17-25(24-12-8-9-22(15-24)19-33(4)14-13-30)16-26(27(28)18-31-34)29(35)32-21(3)23-10-6-5-7-11-23/h5-12,15-17,20-21,31H,13-14,18-19,30H2,1-4H3,(H,32,35)/t21-/m0/s1. The number of benzene rings is 3. The van der Waals surface area contributed by atoms with Crippen molar-refractivity contribution >= 4 is 11.6 Å². The predicted octanol–water partition coefficient (Wildman–Crippen LogP) is 4.47. The lowest BCUT2D eigenvalue weighted by atomic mass is 9.95. The van der Waals surface area contributed by atoms with Gasteiger partial charge in [-0.1, -0.05) is 48.5 Å². The van der Waals surface area contributed by atoms with Gasteiger partial charge in [0.1, 0.15) is 0 Å². The van der Waals surface area contributed by atoms with E-state index in [0.29, 0.717) is 13.1 Å². The molecule has 0 radical (unpaired) electrons. The zero-order valence-corrected chi connectivity index (χ0v) is 21.2. The van der Waals surface area contributed by atoms with Crippen LogP contribution < -0.4 is 21.5 Å². The number of nitrogens with two attached hydrogens (primary N) is 1. The van der Waals surface area contributed by atoms with Gasteiger partial charge in [0.25, 0.3) is 5.91 Å². The highest BCUT2D eigenvalue weighted by molar-refractivity contribution is 5.99. The Kier molecular flexibility index (Phi) is 7.86. The highest BCUT2D eigenvalue weighted by Crippen LogP contribution is 2.35. The summed E-state index contributed by atoms with van der Waals surface area (Å²) in [6.07, 6.45) is 0. The van der Waals surface area contributed by atoms with Gasteiger partial charge in [-0.05, 0) is 68.3 Å². The van der Waals surface area contributed by atoms with Crippen LogP contribution in [-0.2, 0) is 13.1 Å². The normalized spacial score (nSPS) is 13.9. The summed E-state index contributed by atoms with van der Waals surface area (Å²) >= 11 is 0. The monoisotopic (exact) mass is 471 g/mol. The van der Waals surface area contributed by atoms with Crippen molar-refractivity contribution in [2.75, 3.05) is 25.1 Å². The molecular weight excluding hydrogens is 434 g/mol. The number of likely N-dealkylation sites (N-methyl/N-ethyl adjacent to an activating group) is 1. The smallest absolute Gasteiger partial charge is 0.252 e. The number of hydrogen-bond donors (Lipinski definition) is 3. The Labute approximate surface area is 209 Å². The molecule has 1 aliphatic rings. The Hall–Kier alpha value is -3.19. The molecule has 0 bridgehead atoms. The summed E-state index contributed by atoms with van der Waals surface area (Å²) in [5, 5.41) is 5.37. The molecule has 1 aliphatic heterocycles. The zero-order chi connectivity index (χ0) is 24.9. The van der Waals surface area contributed by atoms with E-state index in [4.69, 9.17) is 5.73 Å². The SMILES string of the molecule is CC(C)N1NCc2c(C(=O)N[C@@H](C)c3ccccc3)cc(-c3cccc(CN(C)CCN)c3)cc21. The van der Waals surface area contributed by atoms with E-state index < -0.39 is 0 Å². The van der Waals surface area contributed by atoms with Crippen molar-refractivity contribution in [3.63, 3.8) is 0 Å². The van der Waals surface area contributed by atoms with E-state index in [0.717, 1.165) is 46.6 Å². The Morgan fingerprint density at radius 3 is 2.54 bits per heavy atom. The van der Waals surface area contributed by atoms with E-state index in [1.807, 2.05) is 43.3 Å². The van der Waals surface area contributed by atoms with Crippen molar-refractivity contribution in [1.82, 2.24) is 15.6 Å². The minimum atomic E-state index is -0.0834. The lowest BCUT2D eigenvalue weighted by Gasteiger charge is -2.25. The number of anilines is 1. The van der Waals surface area contributed by atoms with E-state index in [2.05, 4.69) is 71.9 Å². The number of hydrazine groups is 1. The number of carbonyl (C=O) groups excluding carboxylic acids is 1. The zero-order valence-electron chi connectivity index (χ0n) is 21.2. The van der Waals surface area contributed by atoms with E-state index in [1.165, 1.54) is 5.56 Å². The molecule has 0 saturated heterocycles. The second-order valence-corrected chi connectivity index (χ2v) is 9.65. The summed E-state index contributed by atoms with van der Waals surface area (Å²) in [4.78, 5) is 15.8. The third-order valence-electron chi connectivity index (χ3n) is 6.54. The fourth-order valence-electron chi connectivity index (χ4n) is 4.70. The maximum atomic E-state index is 13.6. The lowest BCUT2D eigenvalue weighted by Crippen LogP contribution is -2.38. The van der Waals surface area contributed by atoms with Crippen molar-refractivity contribution in [1.29, 1.82) is 0 Å². The van der Waals surface area contributed by atoms with Gasteiger partial charge in [0.15, 0.2) is 0 Å². The highest BCUT2D eigenvalue weighted by Gasteiger charge is 2.28. The highest BCUT2D eigenvalue weighted by atomic mass is 16.1. The summed E-state index contributed by atoms with van der Waals surface area (Å²) in [6.45, 7) is 9.29. The van der Waals surface area contributed by atoms with Gasteiger partial charge in [-0.2, -0.15) is 0 Å². The van der Waals surface area contributed by atoms with Gasteiger partial charge in [0, 0.05) is 43.3 Å². The van der Waals surface area contributed by atoms with Gasteiger partial charge >= 0.3 is 0 Å². The molecule has 0 saturated carbocycles. The van der Waals surface area contributed by atoms with Crippen molar-refractivity contribution in [2.45, 2.75) is 45.9 Å². The van der Waals surface area contributed by atoms with Gasteiger partial charge in [-0.3, -0.25) is 4.79 Å². The number of amides is 1. The van der Waals surface area contributed by atoms with E-state index in [1.54, 1.807) is 0 Å². The topological polar surface area (TPSA) is 73.6 Å². The number of nitrogens with one attached hydrogen (secondary N) is 2. The summed E-state index contributed by atoms with van der Waals surface area (Å²) in [5.41, 5.74) is 16.5. The first kappa shape index (κ1) is 24.9. The van der Waals surface area contributed by atoms with Crippen LogP contribution in [0, 0.1) is 0 Å². The van der Waals surface area contributed by atoms with Gasteiger partial charge in [0.2, 0.25) is 0 Å². The Balaban J connectivity index is 1.70. The van der Waals surface area contributed by atoms with Gasteiger partial charge in [-0.15, -0.1) is 0 Å². The summed E-state index contributed by atoms with van der Waals surface area (Å²) < 4.78 is 0. The molecule has 6 nitrogen and oxygen atoms in total. The molecule has 1 atom stereocenters. The minimum absolute atomic E-state index is 0.0503. The molecule has 35 heavy (non-hydrogen) atoms. The van der Waals surface area contributed by atoms with E-state index in [-0.39, 0.29) is 18.0 Å². The fraction of sp³-hybridized carbons (Fsp3) is 0.345. The van der Waals surface area contributed by atoms with E-state index in [9.17, 15) is 4.79 Å². The van der Waals surface area contributed by atoms with Crippen LogP contribution in [0.1, 0.15) is 53.9 Å². The molecule has 3 aromatic carbocycles. The Bertz CT molecular complexity index is 1160. The lowest BCUT2D eigenvalue weighted by molar-refractivity contribution is 0.0939. The first-order valence-corrected chi connectivity index (χ1v) is 12.4. The van der Waals surface area contributed by atoms with Crippen LogP contribution in [0.2, 0.25) is 0 Å². The van der Waals surface area contributed by atoms with Crippen molar-refractivity contribution in [3.8, 4) is 11.1 Å². The fourth-order valence-corrected chi connectivity index (χ4v) is 4.70. The van der Waals surface area contributed by atoms with Gasteiger partial charge in [0.05, 0.1) is 11.7 Å². The largest absolute Gasteiger partial charge is 0.346 e. The van der Waals surface area contributed by atoms with Crippen LogP contribution in [0.25, 0.3) is 11.1 Å². The molecule has 3 aromatic rings. The summed E-state index contributed by atoms with van der Waals surface area (Å²) in [7, 11) is 2.08. The number of nitrogens with zero attached hydrogens (tertiary/aromatic N) is 2. The average molecular weight is 472 g/mol. The molecule has 1 heterocycles. The quantitative estimate of drug-likeness (QED) is 0.429. The van der Waals surface area contributed by atoms with Crippen LogP contribution in [0.4, 0.5) is 5.69 Å². The first-order chi connectivity index (χ1) is 16.9. The van der Waals surface area contributed by atoms with Crippen LogP contribution in [0.5, 0.6) is 0 Å². The van der Waals surface area contributed by atoms with Crippen molar-refractivity contribution < 1.29 is 4.79 Å². The molecule has 0 aliphatic carbocycles. The second-order valence-electron chi connectivity index (χ2n) is 9.65. The third kappa shape index (κ3) is 5.73. The number of fused-ring (bicyclic) bond motifs is 1. The minimum Gasteiger partial charge on any atom is -0.346 e. The first-order valence-electron chi connectivity index (χ1n) is 12.4. The average Bonchev–Trinajstić information content (AvgIpc) is 3.28. The maximum absolute atomic E-state index is 13.6. The van der Waals surface area contributed by atoms with Crippen LogP contribution in [0.3, 0.4) is 0 Å². The molecule has 4 N–H and O–H groups in total. The predicted molar refractivity (Wildman–Crippen MR) is 144 cm³/mol. The molecule has 184 valence electrons. The molecule has 0 aromatic heterocycles. The Morgan fingerprint density at radius 1 is 1.06 bits per heavy atom. The Morgan fingerprint density at radius 2 is 1.83 bits per heavy atom. The van der Waals surface area contributed by atoms with Gasteiger partial charge < -0.3 is 21.0 Å². The van der Waals surface area contributed by atoms with Crippen LogP contribution in [0.15, 0.2) is 66.7 Å². The molecule has 1 amide bonds. The van der Waals surface area contributed by atoms with Gasteiger partial charge in [-0.25, -0.2) is 5.43 Å². The molecule has 0 unspecified atom stereocenters. The van der Waals surface area contributed by atoms with E-state index >= 15 is 0 Å². The van der Waals surface area contributed by atoms with Crippen LogP contribution in [-0.4, -0.2) is 37.0 Å². The molecule has 6 heteroatoms. The molecular formula is C29H37N5O. The molecule has 0 fully saturated rings. The molecule has 4 rings (SSSR count). The van der Waals surface area contributed by atoms with Crippen molar-refractivity contribution in [3.05, 3.63) is 89.0 Å².